The molecule has 3 aromatic rings. The van der Waals surface area contributed by atoms with Crippen molar-refractivity contribution in [3.05, 3.63) is 95.6 Å². The highest BCUT2D eigenvalue weighted by Gasteiger charge is 2.21. The number of nitrogens with one attached hydrogen (secondary N) is 1. The SMILES string of the molecule is N#Cc1cccc(S(=O)(=O)Oc2ccccc2C(=O)NCc2ccccc2)c1. The number of nitriles is 1. The second-order valence-electron chi connectivity index (χ2n) is 5.84. The number of para-hydroxylation sites is 1. The maximum absolute atomic E-state index is 12.6. The fourth-order valence-corrected chi connectivity index (χ4v) is 3.48. The standard InChI is InChI=1S/C21H16N2O4S/c22-14-17-9-6-10-18(13-17)28(25,26)27-20-12-5-4-11-19(20)21(24)23-15-16-7-2-1-3-8-16/h1-13H,15H2,(H,23,24). The maximum atomic E-state index is 12.6. The summed E-state index contributed by atoms with van der Waals surface area (Å²) < 4.78 is 30.3. The van der Waals surface area contributed by atoms with Crippen LogP contribution in [-0.2, 0) is 16.7 Å². The van der Waals surface area contributed by atoms with Gasteiger partial charge >= 0.3 is 10.1 Å². The molecule has 0 bridgehead atoms. The van der Waals surface area contributed by atoms with Crippen LogP contribution in [0.15, 0.2) is 83.8 Å². The fourth-order valence-electron chi connectivity index (χ4n) is 2.49. The van der Waals surface area contributed by atoms with Crippen LogP contribution in [0.5, 0.6) is 5.75 Å². The van der Waals surface area contributed by atoms with Gasteiger partial charge in [0, 0.05) is 6.54 Å². The first-order valence-corrected chi connectivity index (χ1v) is 9.76. The lowest BCUT2D eigenvalue weighted by molar-refractivity contribution is 0.0949. The minimum absolute atomic E-state index is 0.0876. The van der Waals surface area contributed by atoms with Crippen molar-refractivity contribution in [1.29, 1.82) is 5.26 Å². The van der Waals surface area contributed by atoms with Crippen molar-refractivity contribution in [2.75, 3.05) is 0 Å². The Labute approximate surface area is 163 Å². The van der Waals surface area contributed by atoms with Gasteiger partial charge < -0.3 is 9.50 Å². The van der Waals surface area contributed by atoms with Gasteiger partial charge in [-0.3, -0.25) is 4.79 Å². The van der Waals surface area contributed by atoms with Crippen LogP contribution < -0.4 is 9.50 Å². The third kappa shape index (κ3) is 4.55. The molecule has 0 aromatic heterocycles. The number of nitrogens with zero attached hydrogens (tertiary/aromatic N) is 1. The lowest BCUT2D eigenvalue weighted by Gasteiger charge is -2.12. The van der Waals surface area contributed by atoms with Crippen LogP contribution in [0.4, 0.5) is 0 Å². The molecule has 0 spiro atoms. The van der Waals surface area contributed by atoms with Crippen molar-refractivity contribution in [3.63, 3.8) is 0 Å². The Morgan fingerprint density at radius 2 is 1.68 bits per heavy atom. The van der Waals surface area contributed by atoms with Crippen LogP contribution in [0.3, 0.4) is 0 Å². The van der Waals surface area contributed by atoms with Crippen LogP contribution in [0.25, 0.3) is 0 Å². The van der Waals surface area contributed by atoms with E-state index in [4.69, 9.17) is 9.44 Å². The van der Waals surface area contributed by atoms with Gasteiger partial charge in [-0.25, -0.2) is 0 Å². The molecule has 0 atom stereocenters. The molecule has 0 aliphatic carbocycles. The van der Waals surface area contributed by atoms with E-state index in [0.29, 0.717) is 6.54 Å². The van der Waals surface area contributed by atoms with E-state index in [0.717, 1.165) is 5.56 Å². The van der Waals surface area contributed by atoms with Gasteiger partial charge in [0.05, 0.1) is 17.2 Å². The monoisotopic (exact) mass is 392 g/mol. The first kappa shape index (κ1) is 19.1. The first-order valence-electron chi connectivity index (χ1n) is 8.35. The van der Waals surface area contributed by atoms with E-state index in [1.165, 1.54) is 36.4 Å². The van der Waals surface area contributed by atoms with E-state index in [1.54, 1.807) is 12.1 Å². The summed E-state index contributed by atoms with van der Waals surface area (Å²) in [7, 11) is -4.20. The molecular formula is C21H16N2O4S. The van der Waals surface area contributed by atoms with Gasteiger partial charge in [0.1, 0.15) is 4.90 Å². The Hall–Kier alpha value is -3.63. The number of carbonyl (C=O) groups is 1. The Morgan fingerprint density at radius 1 is 0.964 bits per heavy atom. The summed E-state index contributed by atoms with van der Waals surface area (Å²) in [6, 6.07) is 22.8. The molecule has 0 radical (unpaired) electrons. The molecule has 1 amide bonds. The van der Waals surface area contributed by atoms with Crippen LogP contribution >= 0.6 is 0 Å². The minimum atomic E-state index is -4.20. The Balaban J connectivity index is 1.81. The normalized spacial score (nSPS) is 10.7. The molecule has 0 unspecified atom stereocenters. The van der Waals surface area contributed by atoms with Crippen LogP contribution in [0, 0.1) is 11.3 Å². The van der Waals surface area contributed by atoms with E-state index in [9.17, 15) is 13.2 Å². The lowest BCUT2D eigenvalue weighted by Crippen LogP contribution is -2.24. The minimum Gasteiger partial charge on any atom is -0.378 e. The summed E-state index contributed by atoms with van der Waals surface area (Å²) in [4.78, 5) is 12.4. The summed E-state index contributed by atoms with van der Waals surface area (Å²) in [5, 5.41) is 11.7. The largest absolute Gasteiger partial charge is 0.378 e. The van der Waals surface area contributed by atoms with Gasteiger partial charge in [0.25, 0.3) is 5.91 Å². The molecule has 1 N–H and O–H groups in total. The van der Waals surface area contributed by atoms with Gasteiger partial charge in [0.2, 0.25) is 0 Å². The summed E-state index contributed by atoms with van der Waals surface area (Å²) in [6.07, 6.45) is 0. The molecule has 0 heterocycles. The van der Waals surface area contributed by atoms with E-state index < -0.39 is 16.0 Å². The Morgan fingerprint density at radius 3 is 2.43 bits per heavy atom. The van der Waals surface area contributed by atoms with E-state index in [2.05, 4.69) is 5.32 Å². The molecule has 7 heteroatoms. The Kier molecular flexibility index (Phi) is 5.72. The van der Waals surface area contributed by atoms with Crippen LogP contribution in [0.1, 0.15) is 21.5 Å². The quantitative estimate of drug-likeness (QED) is 0.650. The molecule has 6 nitrogen and oxygen atoms in total. The number of rotatable bonds is 6. The summed E-state index contributed by atoms with van der Waals surface area (Å²) in [5.41, 5.74) is 1.20. The van der Waals surface area contributed by atoms with Gasteiger partial charge in [-0.2, -0.15) is 13.7 Å². The maximum Gasteiger partial charge on any atom is 0.339 e. The zero-order chi connectivity index (χ0) is 20.0. The molecule has 0 saturated carbocycles. The number of amides is 1. The van der Waals surface area contributed by atoms with Crippen molar-refractivity contribution in [3.8, 4) is 11.8 Å². The molecule has 3 rings (SSSR count). The Bertz CT molecular complexity index is 1140. The predicted octanol–water partition coefficient (Wildman–Crippen LogP) is 3.26. The van der Waals surface area contributed by atoms with Crippen molar-refractivity contribution in [2.24, 2.45) is 0 Å². The van der Waals surface area contributed by atoms with E-state index in [1.807, 2.05) is 36.4 Å². The summed E-state index contributed by atoms with van der Waals surface area (Å²) in [6.45, 7) is 0.297. The molecule has 0 saturated heterocycles. The molecular weight excluding hydrogens is 376 g/mol. The van der Waals surface area contributed by atoms with Crippen molar-refractivity contribution < 1.29 is 17.4 Å². The van der Waals surface area contributed by atoms with Gasteiger partial charge in [-0.05, 0) is 35.9 Å². The van der Waals surface area contributed by atoms with Gasteiger partial charge in [-0.1, -0.05) is 48.5 Å². The van der Waals surface area contributed by atoms with E-state index in [-0.39, 0.29) is 21.8 Å². The van der Waals surface area contributed by atoms with Gasteiger partial charge in [0.15, 0.2) is 5.75 Å². The molecule has 0 aliphatic heterocycles. The third-order valence-electron chi connectivity index (χ3n) is 3.88. The van der Waals surface area contributed by atoms with Crippen molar-refractivity contribution in [2.45, 2.75) is 11.4 Å². The average molecular weight is 392 g/mol. The van der Waals surface area contributed by atoms with Crippen molar-refractivity contribution in [1.82, 2.24) is 5.32 Å². The first-order chi connectivity index (χ1) is 13.5. The van der Waals surface area contributed by atoms with Crippen LogP contribution in [-0.4, -0.2) is 14.3 Å². The molecule has 28 heavy (non-hydrogen) atoms. The predicted molar refractivity (Wildman–Crippen MR) is 103 cm³/mol. The topological polar surface area (TPSA) is 96.3 Å². The highest BCUT2D eigenvalue weighted by molar-refractivity contribution is 7.87. The number of carbonyl (C=O) groups excluding carboxylic acids is 1. The molecule has 140 valence electrons. The highest BCUT2D eigenvalue weighted by Crippen LogP contribution is 2.23. The number of benzene rings is 3. The third-order valence-corrected chi connectivity index (χ3v) is 5.11. The number of hydrogen-bond acceptors (Lipinski definition) is 5. The number of hydrogen-bond donors (Lipinski definition) is 1. The van der Waals surface area contributed by atoms with Crippen molar-refractivity contribution >= 4 is 16.0 Å². The zero-order valence-corrected chi connectivity index (χ0v) is 15.5. The average Bonchev–Trinajstić information content (AvgIpc) is 2.73. The smallest absolute Gasteiger partial charge is 0.339 e. The zero-order valence-electron chi connectivity index (χ0n) is 14.7. The molecule has 0 fully saturated rings. The second-order valence-corrected chi connectivity index (χ2v) is 7.39. The molecule has 0 aliphatic rings. The van der Waals surface area contributed by atoms with Crippen LogP contribution in [0.2, 0.25) is 0 Å². The molecule has 3 aromatic carbocycles. The highest BCUT2D eigenvalue weighted by atomic mass is 32.2. The van der Waals surface area contributed by atoms with E-state index >= 15 is 0 Å². The summed E-state index contributed by atoms with van der Waals surface area (Å²) in [5.74, 6) is -0.546. The fraction of sp³-hybridized carbons (Fsp3) is 0.0476. The lowest BCUT2D eigenvalue weighted by atomic mass is 10.1. The second kappa shape index (κ2) is 8.37. The summed E-state index contributed by atoms with van der Waals surface area (Å²) >= 11 is 0. The van der Waals surface area contributed by atoms with Gasteiger partial charge in [-0.15, -0.1) is 0 Å².